The van der Waals surface area contributed by atoms with Crippen LogP contribution in [0.3, 0.4) is 0 Å². The van der Waals surface area contributed by atoms with Crippen molar-refractivity contribution < 1.29 is 19.2 Å². The highest BCUT2D eigenvalue weighted by Crippen LogP contribution is 2.40. The molecular formula is C16H14N4O7. The number of carbonyl (C=O) groups excluding carboxylic acids is 1. The highest BCUT2D eigenvalue weighted by molar-refractivity contribution is 5.92. The zero-order valence-corrected chi connectivity index (χ0v) is 14.0. The third-order valence-electron chi connectivity index (χ3n) is 3.91. The van der Waals surface area contributed by atoms with Crippen LogP contribution in [0.5, 0.6) is 5.88 Å². The van der Waals surface area contributed by atoms with Gasteiger partial charge in [0.15, 0.2) is 0 Å². The molecular weight excluding hydrogens is 360 g/mol. The lowest BCUT2D eigenvalue weighted by Gasteiger charge is -2.26. The van der Waals surface area contributed by atoms with Crippen molar-refractivity contribution in [2.75, 3.05) is 6.61 Å². The number of ether oxygens (including phenoxy) is 2. The van der Waals surface area contributed by atoms with Gasteiger partial charge in [-0.1, -0.05) is 12.1 Å². The molecule has 1 aliphatic rings. The quantitative estimate of drug-likeness (QED) is 0.388. The number of hydrogen-bond donors (Lipinski definition) is 3. The molecule has 3 rings (SSSR count). The molecule has 0 spiro atoms. The molecule has 140 valence electrons. The fourth-order valence-electron chi connectivity index (χ4n) is 2.85. The number of rotatable bonds is 4. The average Bonchev–Trinajstić information content (AvgIpc) is 2.60. The van der Waals surface area contributed by atoms with Gasteiger partial charge in [-0.15, -0.1) is 0 Å². The monoisotopic (exact) mass is 374 g/mol. The summed E-state index contributed by atoms with van der Waals surface area (Å²) in [7, 11) is 0. The lowest BCUT2D eigenvalue weighted by molar-refractivity contribution is -0.384. The van der Waals surface area contributed by atoms with Crippen LogP contribution in [0.1, 0.15) is 24.0 Å². The van der Waals surface area contributed by atoms with E-state index in [0.717, 1.165) is 0 Å². The van der Waals surface area contributed by atoms with E-state index in [0.29, 0.717) is 0 Å². The summed E-state index contributed by atoms with van der Waals surface area (Å²) >= 11 is 0. The average molecular weight is 374 g/mol. The highest BCUT2D eigenvalue weighted by Gasteiger charge is 2.38. The summed E-state index contributed by atoms with van der Waals surface area (Å²) in [6.45, 7) is 1.62. The van der Waals surface area contributed by atoms with Crippen molar-refractivity contribution in [2.45, 2.75) is 12.8 Å². The molecule has 2 heterocycles. The molecule has 0 saturated carbocycles. The van der Waals surface area contributed by atoms with E-state index in [1.165, 1.54) is 24.3 Å². The molecule has 1 aromatic heterocycles. The van der Waals surface area contributed by atoms with Crippen LogP contribution in [-0.4, -0.2) is 27.5 Å². The molecule has 1 unspecified atom stereocenters. The second-order valence-electron chi connectivity index (χ2n) is 5.54. The van der Waals surface area contributed by atoms with Crippen molar-refractivity contribution in [1.29, 1.82) is 0 Å². The first-order valence-corrected chi connectivity index (χ1v) is 7.79. The Labute approximate surface area is 150 Å². The van der Waals surface area contributed by atoms with Crippen LogP contribution in [0, 0.1) is 10.1 Å². The summed E-state index contributed by atoms with van der Waals surface area (Å²) in [5.41, 5.74) is 3.87. The first-order valence-electron chi connectivity index (χ1n) is 7.79. The van der Waals surface area contributed by atoms with Gasteiger partial charge in [0.05, 0.1) is 23.0 Å². The third kappa shape index (κ3) is 3.17. The lowest BCUT2D eigenvalue weighted by atomic mass is 9.84. The Balaban J connectivity index is 2.30. The molecule has 0 amide bonds. The molecule has 27 heavy (non-hydrogen) atoms. The van der Waals surface area contributed by atoms with E-state index in [1.54, 1.807) is 6.92 Å². The van der Waals surface area contributed by atoms with Crippen LogP contribution in [0.15, 0.2) is 45.3 Å². The number of fused-ring (bicyclic) bond motifs is 1. The minimum atomic E-state index is -1.13. The molecule has 0 aliphatic carbocycles. The largest absolute Gasteiger partial charge is 0.462 e. The number of esters is 1. The van der Waals surface area contributed by atoms with Gasteiger partial charge in [-0.05, 0) is 12.5 Å². The zero-order chi connectivity index (χ0) is 19.7. The molecule has 1 aliphatic heterocycles. The molecule has 11 nitrogen and oxygen atoms in total. The van der Waals surface area contributed by atoms with Crippen LogP contribution < -0.4 is 21.7 Å². The van der Waals surface area contributed by atoms with Gasteiger partial charge in [0.25, 0.3) is 11.2 Å². The molecule has 4 N–H and O–H groups in total. The van der Waals surface area contributed by atoms with E-state index >= 15 is 0 Å². The predicted molar refractivity (Wildman–Crippen MR) is 91.1 cm³/mol. The molecule has 0 saturated heterocycles. The maximum Gasteiger partial charge on any atom is 0.340 e. The van der Waals surface area contributed by atoms with Gasteiger partial charge in [0.2, 0.25) is 11.8 Å². The zero-order valence-electron chi connectivity index (χ0n) is 14.0. The van der Waals surface area contributed by atoms with E-state index in [-0.39, 0.29) is 40.8 Å². The molecule has 2 aromatic rings. The maximum atomic E-state index is 12.4. The van der Waals surface area contributed by atoms with Crippen LogP contribution in [0.4, 0.5) is 5.69 Å². The van der Waals surface area contributed by atoms with Gasteiger partial charge in [-0.2, -0.15) is 0 Å². The van der Waals surface area contributed by atoms with E-state index in [4.69, 9.17) is 15.2 Å². The number of nitrogens with one attached hydrogen (secondary N) is 2. The number of nitro groups is 1. The van der Waals surface area contributed by atoms with Crippen molar-refractivity contribution in [3.05, 3.63) is 77.8 Å². The first-order chi connectivity index (χ1) is 12.8. The number of non-ortho nitro benzene ring substituents is 1. The minimum Gasteiger partial charge on any atom is -0.462 e. The molecule has 0 radical (unpaired) electrons. The van der Waals surface area contributed by atoms with Gasteiger partial charge >= 0.3 is 11.7 Å². The van der Waals surface area contributed by atoms with Gasteiger partial charge in [-0.25, -0.2) is 9.59 Å². The summed E-state index contributed by atoms with van der Waals surface area (Å²) in [5, 5.41) is 11.1. The van der Waals surface area contributed by atoms with E-state index in [2.05, 4.69) is 4.98 Å². The Kier molecular flexibility index (Phi) is 4.50. The summed E-state index contributed by atoms with van der Waals surface area (Å²) < 4.78 is 10.2. The fraction of sp³-hybridized carbons (Fsp3) is 0.188. The number of aromatic nitrogens is 2. The number of carbonyl (C=O) groups is 1. The van der Waals surface area contributed by atoms with Gasteiger partial charge < -0.3 is 15.2 Å². The van der Waals surface area contributed by atoms with Crippen LogP contribution in [0.2, 0.25) is 0 Å². The number of nitrogens with zero attached hydrogens (tertiary/aromatic N) is 1. The predicted octanol–water partition coefficient (Wildman–Crippen LogP) is 0.229. The van der Waals surface area contributed by atoms with Gasteiger partial charge in [0, 0.05) is 12.1 Å². The lowest BCUT2D eigenvalue weighted by Crippen LogP contribution is -2.35. The Morgan fingerprint density at radius 3 is 2.78 bits per heavy atom. The van der Waals surface area contributed by atoms with Crippen molar-refractivity contribution in [3.63, 3.8) is 0 Å². The second kappa shape index (κ2) is 6.78. The van der Waals surface area contributed by atoms with E-state index < -0.39 is 28.1 Å². The Hall–Kier alpha value is -3.89. The SMILES string of the molecule is CCOC(=O)C1=C(N)Oc2[nH]c(=O)[nH]c(=O)c2C1c1cccc([N+](=O)[O-])c1. The Bertz CT molecular complexity index is 1080. The number of H-pyrrole nitrogens is 2. The number of benzene rings is 1. The molecule has 0 bridgehead atoms. The third-order valence-corrected chi connectivity index (χ3v) is 3.91. The van der Waals surface area contributed by atoms with E-state index in [9.17, 15) is 24.5 Å². The van der Waals surface area contributed by atoms with Crippen molar-refractivity contribution >= 4 is 11.7 Å². The van der Waals surface area contributed by atoms with Crippen LogP contribution in [-0.2, 0) is 9.53 Å². The van der Waals surface area contributed by atoms with Crippen molar-refractivity contribution in [3.8, 4) is 5.88 Å². The number of hydrogen-bond acceptors (Lipinski definition) is 8. The summed E-state index contributed by atoms with van der Waals surface area (Å²) in [6.07, 6.45) is 0. The van der Waals surface area contributed by atoms with Gasteiger partial charge in [0.1, 0.15) is 5.57 Å². The minimum absolute atomic E-state index is 0.0338. The number of aromatic amines is 2. The second-order valence-corrected chi connectivity index (χ2v) is 5.54. The van der Waals surface area contributed by atoms with E-state index in [1.807, 2.05) is 4.98 Å². The molecule has 11 heteroatoms. The molecule has 0 fully saturated rings. The van der Waals surface area contributed by atoms with Crippen LogP contribution in [0.25, 0.3) is 0 Å². The summed E-state index contributed by atoms with van der Waals surface area (Å²) in [4.78, 5) is 51.2. The topological polar surface area (TPSA) is 170 Å². The number of nitro benzene ring substituents is 1. The Morgan fingerprint density at radius 2 is 2.11 bits per heavy atom. The van der Waals surface area contributed by atoms with Gasteiger partial charge in [-0.3, -0.25) is 24.9 Å². The maximum absolute atomic E-state index is 12.4. The van der Waals surface area contributed by atoms with Crippen molar-refractivity contribution in [1.82, 2.24) is 9.97 Å². The summed E-state index contributed by atoms with van der Waals surface area (Å²) in [5.74, 6) is -2.60. The number of nitrogens with two attached hydrogens (primary N) is 1. The first kappa shape index (κ1) is 17.9. The standard InChI is InChI=1S/C16H14N4O7/c1-2-26-15(22)10-9(7-4-3-5-8(6-7)20(24)25)11-13(21)18-16(23)19-14(11)27-12(10)17/h3-6,9H,2,17H2,1H3,(H2,18,19,21,23). The molecule has 1 aromatic carbocycles. The smallest absolute Gasteiger partial charge is 0.340 e. The van der Waals surface area contributed by atoms with Crippen molar-refractivity contribution in [2.24, 2.45) is 5.73 Å². The van der Waals surface area contributed by atoms with Crippen LogP contribution >= 0.6 is 0 Å². The summed E-state index contributed by atoms with van der Waals surface area (Å²) in [6, 6.07) is 5.36. The highest BCUT2D eigenvalue weighted by atomic mass is 16.6. The Morgan fingerprint density at radius 1 is 1.37 bits per heavy atom. The normalized spacial score (nSPS) is 15.7. The molecule has 1 atom stereocenters. The fourth-order valence-corrected chi connectivity index (χ4v) is 2.85.